The lowest BCUT2D eigenvalue weighted by atomic mass is 9.94. The van der Waals surface area contributed by atoms with Crippen LogP contribution in [0, 0.1) is 0 Å². The Labute approximate surface area is 129 Å². The molecular formula is C10H16N8O5. The Hall–Kier alpha value is -2.56. The van der Waals surface area contributed by atoms with E-state index in [1.807, 2.05) is 0 Å². The number of amides is 2. The molecule has 0 aromatic carbocycles. The third-order valence-electron chi connectivity index (χ3n) is 3.11. The fourth-order valence-corrected chi connectivity index (χ4v) is 2.07. The first kappa shape index (κ1) is 18.5. The van der Waals surface area contributed by atoms with E-state index in [1.54, 1.807) is 0 Å². The highest BCUT2D eigenvalue weighted by molar-refractivity contribution is 5.79. The molecule has 1 heterocycles. The molecule has 1 rings (SSSR count). The van der Waals surface area contributed by atoms with E-state index in [9.17, 15) is 19.8 Å². The van der Waals surface area contributed by atoms with Crippen LogP contribution in [0.3, 0.4) is 0 Å². The van der Waals surface area contributed by atoms with Gasteiger partial charge < -0.3 is 25.6 Å². The zero-order chi connectivity index (χ0) is 17.4. The Morgan fingerprint density at radius 1 is 1.09 bits per heavy atom. The quantitative estimate of drug-likeness (QED) is 0.265. The first-order valence-electron chi connectivity index (χ1n) is 6.52. The van der Waals surface area contributed by atoms with Crippen molar-refractivity contribution in [1.82, 2.24) is 10.6 Å². The summed E-state index contributed by atoms with van der Waals surface area (Å²) >= 11 is 0. The molecule has 126 valence electrons. The number of hydrogen-bond donors (Lipinski definition) is 4. The summed E-state index contributed by atoms with van der Waals surface area (Å²) in [6.45, 7) is 0.516. The highest BCUT2D eigenvalue weighted by atomic mass is 16.6. The standard InChI is InChI=1S/C10H16N8O5/c1-4-7(15-5(19)2-13-17-11)9(21)8(10(22)23-4)16-6(20)3-14-18-12/h4,7-10,21-22H,2-3H2,1H3,(H,15,19)(H,16,20)/t4-,7-,8+,9+,10?/m1/s1. The number of nitrogens with zero attached hydrogens (tertiary/aromatic N) is 6. The average molecular weight is 328 g/mol. The molecule has 4 N–H and O–H groups in total. The Kier molecular flexibility index (Phi) is 7.06. The van der Waals surface area contributed by atoms with Gasteiger partial charge in [0.15, 0.2) is 6.29 Å². The van der Waals surface area contributed by atoms with Crippen LogP contribution in [0.5, 0.6) is 0 Å². The summed E-state index contributed by atoms with van der Waals surface area (Å²) in [6.07, 6.45) is -3.65. The lowest BCUT2D eigenvalue weighted by Crippen LogP contribution is -2.67. The molecule has 13 heteroatoms. The van der Waals surface area contributed by atoms with Crippen molar-refractivity contribution >= 4 is 11.8 Å². The van der Waals surface area contributed by atoms with E-state index < -0.39 is 55.5 Å². The molecule has 1 aliphatic heterocycles. The summed E-state index contributed by atoms with van der Waals surface area (Å²) in [7, 11) is 0. The van der Waals surface area contributed by atoms with Gasteiger partial charge in [-0.3, -0.25) is 9.59 Å². The molecule has 0 aliphatic carbocycles. The van der Waals surface area contributed by atoms with E-state index in [0.717, 1.165) is 0 Å². The fraction of sp³-hybridized carbons (Fsp3) is 0.800. The molecule has 0 aromatic heterocycles. The van der Waals surface area contributed by atoms with Gasteiger partial charge in [-0.1, -0.05) is 10.2 Å². The van der Waals surface area contributed by atoms with Crippen LogP contribution in [0.4, 0.5) is 0 Å². The third kappa shape index (κ3) is 5.29. The number of aliphatic hydroxyl groups is 2. The fourth-order valence-electron chi connectivity index (χ4n) is 2.07. The Bertz CT molecular complexity index is 497. The van der Waals surface area contributed by atoms with Gasteiger partial charge in [-0.25, -0.2) is 0 Å². The normalized spacial score (nSPS) is 29.6. The summed E-state index contributed by atoms with van der Waals surface area (Å²) in [4.78, 5) is 27.9. The van der Waals surface area contributed by atoms with Crippen molar-refractivity contribution in [2.45, 2.75) is 37.5 Å². The zero-order valence-electron chi connectivity index (χ0n) is 12.1. The van der Waals surface area contributed by atoms with Crippen molar-refractivity contribution in [3.05, 3.63) is 20.9 Å². The van der Waals surface area contributed by atoms with Gasteiger partial charge in [0.1, 0.15) is 25.2 Å². The number of azide groups is 2. The Balaban J connectivity index is 2.76. The second kappa shape index (κ2) is 8.78. The molecule has 0 saturated carbocycles. The summed E-state index contributed by atoms with van der Waals surface area (Å²) < 4.78 is 5.15. The van der Waals surface area contributed by atoms with E-state index in [2.05, 4.69) is 30.7 Å². The number of carbonyl (C=O) groups is 2. The van der Waals surface area contributed by atoms with Gasteiger partial charge in [-0.05, 0) is 18.0 Å². The Morgan fingerprint density at radius 3 is 2.04 bits per heavy atom. The van der Waals surface area contributed by atoms with E-state index in [-0.39, 0.29) is 0 Å². The number of carbonyl (C=O) groups excluding carboxylic acids is 2. The number of rotatable bonds is 6. The van der Waals surface area contributed by atoms with Crippen LogP contribution in [0.25, 0.3) is 20.9 Å². The number of nitrogens with one attached hydrogen (secondary N) is 2. The minimum atomic E-state index is -1.51. The number of ether oxygens (including phenoxy) is 1. The van der Waals surface area contributed by atoms with Crippen molar-refractivity contribution in [3.63, 3.8) is 0 Å². The van der Waals surface area contributed by atoms with Gasteiger partial charge in [-0.2, -0.15) is 0 Å². The van der Waals surface area contributed by atoms with Crippen LogP contribution in [-0.4, -0.2) is 65.7 Å². The highest BCUT2D eigenvalue weighted by Gasteiger charge is 2.44. The summed E-state index contributed by atoms with van der Waals surface area (Å²) in [5, 5.41) is 30.8. The van der Waals surface area contributed by atoms with E-state index >= 15 is 0 Å². The van der Waals surface area contributed by atoms with Gasteiger partial charge >= 0.3 is 0 Å². The molecule has 0 aromatic rings. The SMILES string of the molecule is C[C@H]1OC(O)[C@@H](NC(=O)CN=[N+]=[N-])[C@@H](O)[C@@H]1NC(=O)CN=[N+]=[N-]. The molecule has 0 bridgehead atoms. The number of aliphatic hydroxyl groups excluding tert-OH is 2. The molecule has 0 radical (unpaired) electrons. The second-order valence-electron chi connectivity index (χ2n) is 4.69. The molecule has 5 atom stereocenters. The zero-order valence-corrected chi connectivity index (χ0v) is 12.1. The van der Waals surface area contributed by atoms with Crippen molar-refractivity contribution in [3.8, 4) is 0 Å². The summed E-state index contributed by atoms with van der Waals surface area (Å²) in [5.41, 5.74) is 16.3. The molecule has 1 fully saturated rings. The third-order valence-corrected chi connectivity index (χ3v) is 3.11. The maximum Gasteiger partial charge on any atom is 0.226 e. The second-order valence-corrected chi connectivity index (χ2v) is 4.69. The van der Waals surface area contributed by atoms with E-state index in [1.165, 1.54) is 6.92 Å². The minimum Gasteiger partial charge on any atom is -0.389 e. The van der Waals surface area contributed by atoms with Crippen molar-refractivity contribution in [2.24, 2.45) is 10.2 Å². The highest BCUT2D eigenvalue weighted by Crippen LogP contribution is 2.19. The number of hydrogen-bond acceptors (Lipinski definition) is 7. The lowest BCUT2D eigenvalue weighted by Gasteiger charge is -2.42. The van der Waals surface area contributed by atoms with Gasteiger partial charge in [0, 0.05) is 9.82 Å². The predicted molar refractivity (Wildman–Crippen MR) is 74.4 cm³/mol. The molecule has 2 amide bonds. The smallest absolute Gasteiger partial charge is 0.226 e. The molecule has 1 unspecified atom stereocenters. The lowest BCUT2D eigenvalue weighted by molar-refractivity contribution is -0.214. The van der Waals surface area contributed by atoms with Crippen LogP contribution in [0.2, 0.25) is 0 Å². The maximum absolute atomic E-state index is 11.6. The van der Waals surface area contributed by atoms with Crippen LogP contribution < -0.4 is 10.6 Å². The van der Waals surface area contributed by atoms with Gasteiger partial charge in [-0.15, -0.1) is 0 Å². The van der Waals surface area contributed by atoms with Crippen LogP contribution in [-0.2, 0) is 14.3 Å². The molecular weight excluding hydrogens is 312 g/mol. The monoisotopic (exact) mass is 328 g/mol. The van der Waals surface area contributed by atoms with Crippen LogP contribution in [0.15, 0.2) is 10.2 Å². The average Bonchev–Trinajstić information content (AvgIpc) is 2.51. The molecule has 0 spiro atoms. The minimum absolute atomic E-state index is 0.469. The van der Waals surface area contributed by atoms with E-state index in [0.29, 0.717) is 0 Å². The largest absolute Gasteiger partial charge is 0.389 e. The molecule has 23 heavy (non-hydrogen) atoms. The van der Waals surface area contributed by atoms with Gasteiger partial charge in [0.05, 0.1) is 12.1 Å². The molecule has 1 aliphatic rings. The van der Waals surface area contributed by atoms with Crippen molar-refractivity contribution < 1.29 is 24.5 Å². The van der Waals surface area contributed by atoms with E-state index in [4.69, 9.17) is 15.8 Å². The summed E-state index contributed by atoms with van der Waals surface area (Å²) in [5.74, 6) is -1.39. The first-order chi connectivity index (χ1) is 10.9. The van der Waals surface area contributed by atoms with Crippen LogP contribution >= 0.6 is 0 Å². The van der Waals surface area contributed by atoms with Crippen molar-refractivity contribution in [2.75, 3.05) is 13.1 Å². The molecule has 13 nitrogen and oxygen atoms in total. The maximum atomic E-state index is 11.6. The predicted octanol–water partition coefficient (Wildman–Crippen LogP) is -1.33. The topological polar surface area (TPSA) is 205 Å². The van der Waals surface area contributed by atoms with Gasteiger partial charge in [0.2, 0.25) is 11.8 Å². The van der Waals surface area contributed by atoms with Crippen molar-refractivity contribution in [1.29, 1.82) is 0 Å². The molecule has 1 saturated heterocycles. The van der Waals surface area contributed by atoms with Crippen LogP contribution in [0.1, 0.15) is 6.92 Å². The Morgan fingerprint density at radius 2 is 1.57 bits per heavy atom. The summed E-state index contributed by atoms with van der Waals surface area (Å²) in [6, 6.07) is -2.19. The first-order valence-corrected chi connectivity index (χ1v) is 6.52. The van der Waals surface area contributed by atoms with Gasteiger partial charge in [0.25, 0.3) is 0 Å².